The van der Waals surface area contributed by atoms with E-state index in [2.05, 4.69) is 5.10 Å². The lowest BCUT2D eigenvalue weighted by molar-refractivity contribution is 0.432. The molecule has 4 rings (SSSR count). The summed E-state index contributed by atoms with van der Waals surface area (Å²) in [5, 5.41) is 15.4. The smallest absolute Gasteiger partial charge is 0.164 e. The SMILES string of the molecule is Nc1ccc(-c2ccc3c(cnn3-c3ccc(F)c(O)c3)c2)c(Cl)c1. The van der Waals surface area contributed by atoms with Crippen molar-refractivity contribution in [2.75, 3.05) is 5.73 Å². The first-order valence-corrected chi connectivity index (χ1v) is 7.93. The van der Waals surface area contributed by atoms with Crippen LogP contribution in [0.1, 0.15) is 0 Å². The number of benzene rings is 3. The van der Waals surface area contributed by atoms with Crippen LogP contribution in [0.5, 0.6) is 5.75 Å². The predicted molar refractivity (Wildman–Crippen MR) is 97.6 cm³/mol. The van der Waals surface area contributed by atoms with Crippen LogP contribution in [-0.4, -0.2) is 14.9 Å². The second-order valence-electron chi connectivity index (χ2n) is 5.70. The molecule has 0 unspecified atom stereocenters. The molecule has 0 atom stereocenters. The van der Waals surface area contributed by atoms with Gasteiger partial charge in [0.1, 0.15) is 0 Å². The number of phenolic OH excluding ortho intramolecular Hbond substituents is 1. The lowest BCUT2D eigenvalue weighted by Crippen LogP contribution is -1.96. The zero-order chi connectivity index (χ0) is 17.6. The van der Waals surface area contributed by atoms with Gasteiger partial charge in [-0.3, -0.25) is 0 Å². The molecule has 0 amide bonds. The van der Waals surface area contributed by atoms with Gasteiger partial charge < -0.3 is 10.8 Å². The minimum atomic E-state index is -0.666. The van der Waals surface area contributed by atoms with Crippen molar-refractivity contribution in [3.8, 4) is 22.6 Å². The molecule has 0 bridgehead atoms. The van der Waals surface area contributed by atoms with Crippen molar-refractivity contribution >= 4 is 28.2 Å². The van der Waals surface area contributed by atoms with Crippen molar-refractivity contribution in [2.24, 2.45) is 0 Å². The number of phenols is 1. The summed E-state index contributed by atoms with van der Waals surface area (Å²) in [6.45, 7) is 0. The minimum Gasteiger partial charge on any atom is -0.505 e. The summed E-state index contributed by atoms with van der Waals surface area (Å²) in [6.07, 6.45) is 1.71. The first-order valence-electron chi connectivity index (χ1n) is 7.55. The number of nitrogen functional groups attached to an aromatic ring is 1. The molecule has 4 aromatic rings. The molecular weight excluding hydrogens is 341 g/mol. The minimum absolute atomic E-state index is 0.411. The van der Waals surface area contributed by atoms with E-state index in [0.717, 1.165) is 22.0 Å². The van der Waals surface area contributed by atoms with Gasteiger partial charge in [-0.05, 0) is 42.0 Å². The molecule has 4 nitrogen and oxygen atoms in total. The van der Waals surface area contributed by atoms with Gasteiger partial charge in [-0.25, -0.2) is 9.07 Å². The molecule has 0 saturated carbocycles. The highest BCUT2D eigenvalue weighted by Gasteiger charge is 2.10. The van der Waals surface area contributed by atoms with E-state index in [1.54, 1.807) is 29.1 Å². The summed E-state index contributed by atoms with van der Waals surface area (Å²) in [4.78, 5) is 0. The average molecular weight is 354 g/mol. The van der Waals surface area contributed by atoms with Crippen LogP contribution >= 0.6 is 11.6 Å². The molecule has 6 heteroatoms. The van der Waals surface area contributed by atoms with E-state index in [1.807, 2.05) is 24.3 Å². The van der Waals surface area contributed by atoms with Crippen molar-refractivity contribution in [1.29, 1.82) is 0 Å². The number of nitrogens with zero attached hydrogens (tertiary/aromatic N) is 2. The summed E-state index contributed by atoms with van der Waals surface area (Å²) >= 11 is 6.28. The van der Waals surface area contributed by atoms with E-state index in [1.165, 1.54) is 12.1 Å². The normalized spacial score (nSPS) is 11.1. The van der Waals surface area contributed by atoms with Crippen molar-refractivity contribution in [3.05, 3.63) is 71.6 Å². The number of nitrogens with two attached hydrogens (primary N) is 1. The van der Waals surface area contributed by atoms with Crippen LogP contribution in [0.3, 0.4) is 0 Å². The standard InChI is InChI=1S/C19H13ClFN3O/c20-16-8-13(22)2-4-15(16)11-1-6-18-12(7-11)10-23-24(18)14-3-5-17(21)19(25)9-14/h1-10,25H,22H2. The van der Waals surface area contributed by atoms with Gasteiger partial charge in [0.2, 0.25) is 0 Å². The van der Waals surface area contributed by atoms with Gasteiger partial charge in [0.25, 0.3) is 0 Å². The van der Waals surface area contributed by atoms with E-state index in [9.17, 15) is 9.50 Å². The van der Waals surface area contributed by atoms with Crippen molar-refractivity contribution in [1.82, 2.24) is 9.78 Å². The van der Waals surface area contributed by atoms with Gasteiger partial charge in [-0.2, -0.15) is 5.10 Å². The molecule has 1 aromatic heterocycles. The third kappa shape index (κ3) is 2.68. The molecule has 3 aromatic carbocycles. The Kier molecular flexibility index (Phi) is 3.58. The van der Waals surface area contributed by atoms with E-state index in [-0.39, 0.29) is 0 Å². The zero-order valence-electron chi connectivity index (χ0n) is 12.9. The summed E-state index contributed by atoms with van der Waals surface area (Å²) in [7, 11) is 0. The van der Waals surface area contributed by atoms with Crippen LogP contribution in [0.15, 0.2) is 60.8 Å². The molecule has 0 aliphatic carbocycles. The second kappa shape index (κ2) is 5.79. The van der Waals surface area contributed by atoms with Gasteiger partial charge in [-0.1, -0.05) is 23.7 Å². The Morgan fingerprint density at radius 3 is 2.64 bits per heavy atom. The second-order valence-corrected chi connectivity index (χ2v) is 6.11. The highest BCUT2D eigenvalue weighted by molar-refractivity contribution is 6.33. The number of fused-ring (bicyclic) bond motifs is 1. The molecule has 0 aliphatic rings. The summed E-state index contributed by atoms with van der Waals surface area (Å²) in [5.41, 5.74) is 9.59. The first kappa shape index (κ1) is 15.5. The van der Waals surface area contributed by atoms with Crippen LogP contribution < -0.4 is 5.73 Å². The van der Waals surface area contributed by atoms with E-state index in [4.69, 9.17) is 17.3 Å². The van der Waals surface area contributed by atoms with Crippen LogP contribution in [0.4, 0.5) is 10.1 Å². The molecule has 0 spiro atoms. The highest BCUT2D eigenvalue weighted by atomic mass is 35.5. The third-order valence-corrected chi connectivity index (χ3v) is 4.36. The molecule has 0 radical (unpaired) electrons. The van der Waals surface area contributed by atoms with E-state index >= 15 is 0 Å². The van der Waals surface area contributed by atoms with Gasteiger partial charge in [0.15, 0.2) is 11.6 Å². The van der Waals surface area contributed by atoms with Crippen molar-refractivity contribution in [2.45, 2.75) is 0 Å². The number of hydrogen-bond donors (Lipinski definition) is 2. The molecular formula is C19H13ClFN3O. The summed E-state index contributed by atoms with van der Waals surface area (Å²) in [6, 6.07) is 15.3. The van der Waals surface area contributed by atoms with Crippen LogP contribution in [0, 0.1) is 5.82 Å². The highest BCUT2D eigenvalue weighted by Crippen LogP contribution is 2.32. The average Bonchev–Trinajstić information content (AvgIpc) is 3.00. The maximum Gasteiger partial charge on any atom is 0.164 e. The lowest BCUT2D eigenvalue weighted by Gasteiger charge is -2.07. The fourth-order valence-electron chi connectivity index (χ4n) is 2.80. The van der Waals surface area contributed by atoms with Gasteiger partial charge in [-0.15, -0.1) is 0 Å². The monoisotopic (exact) mass is 353 g/mol. The van der Waals surface area contributed by atoms with Crippen LogP contribution in [0.25, 0.3) is 27.7 Å². The molecule has 25 heavy (non-hydrogen) atoms. The maximum absolute atomic E-state index is 13.3. The third-order valence-electron chi connectivity index (χ3n) is 4.05. The zero-order valence-corrected chi connectivity index (χ0v) is 13.7. The summed E-state index contributed by atoms with van der Waals surface area (Å²) < 4.78 is 14.9. The fraction of sp³-hybridized carbons (Fsp3) is 0. The number of halogens is 2. The van der Waals surface area contributed by atoms with E-state index < -0.39 is 11.6 Å². The number of rotatable bonds is 2. The Morgan fingerprint density at radius 2 is 1.88 bits per heavy atom. The van der Waals surface area contributed by atoms with Crippen LogP contribution in [-0.2, 0) is 0 Å². The topological polar surface area (TPSA) is 64.1 Å². The maximum atomic E-state index is 13.3. The quantitative estimate of drug-likeness (QED) is 0.510. The molecule has 3 N–H and O–H groups in total. The molecule has 0 fully saturated rings. The Balaban J connectivity index is 1.82. The van der Waals surface area contributed by atoms with E-state index in [0.29, 0.717) is 16.4 Å². The molecule has 0 saturated heterocycles. The number of anilines is 1. The Labute approximate surface area is 147 Å². The van der Waals surface area contributed by atoms with Crippen molar-refractivity contribution in [3.63, 3.8) is 0 Å². The van der Waals surface area contributed by atoms with Gasteiger partial charge >= 0.3 is 0 Å². The molecule has 0 aliphatic heterocycles. The summed E-state index contributed by atoms with van der Waals surface area (Å²) in [5.74, 6) is -1.08. The molecule has 1 heterocycles. The molecule has 124 valence electrons. The fourth-order valence-corrected chi connectivity index (χ4v) is 3.10. The lowest BCUT2D eigenvalue weighted by atomic mass is 10.0. The van der Waals surface area contributed by atoms with Gasteiger partial charge in [0.05, 0.1) is 22.4 Å². The number of hydrogen-bond acceptors (Lipinski definition) is 3. The number of aromatic nitrogens is 2. The van der Waals surface area contributed by atoms with Crippen molar-refractivity contribution < 1.29 is 9.50 Å². The predicted octanol–water partition coefficient (Wildman–Crippen LogP) is 4.77. The number of aromatic hydroxyl groups is 1. The first-order chi connectivity index (χ1) is 12.0. The van der Waals surface area contributed by atoms with Crippen LogP contribution in [0.2, 0.25) is 5.02 Å². The Bertz CT molecular complexity index is 1110. The Morgan fingerprint density at radius 1 is 1.04 bits per heavy atom. The van der Waals surface area contributed by atoms with Gasteiger partial charge in [0, 0.05) is 22.7 Å². The Hall–Kier alpha value is -3.05. The largest absolute Gasteiger partial charge is 0.505 e.